The molecule has 2 aromatic rings. The summed E-state index contributed by atoms with van der Waals surface area (Å²) in [6, 6.07) is 6.15. The van der Waals surface area contributed by atoms with E-state index in [1.165, 1.54) is 25.0 Å². The van der Waals surface area contributed by atoms with Crippen LogP contribution in [-0.2, 0) is 0 Å². The van der Waals surface area contributed by atoms with Crippen molar-refractivity contribution in [3.63, 3.8) is 0 Å². The minimum Gasteiger partial charge on any atom is -0.336 e. The zero-order chi connectivity index (χ0) is 15.9. The van der Waals surface area contributed by atoms with Crippen molar-refractivity contribution >= 4 is 5.91 Å². The summed E-state index contributed by atoms with van der Waals surface area (Å²) < 4.78 is 14.6. The number of halogens is 1. The van der Waals surface area contributed by atoms with Crippen LogP contribution in [-0.4, -0.2) is 38.7 Å². The SMILES string of the molecule is Cc1nc(C(=O)N(C)C(C)C2CC2)nn1-c1ccc(F)cc1. The third kappa shape index (κ3) is 2.73. The number of amides is 1. The van der Waals surface area contributed by atoms with Gasteiger partial charge in [0.2, 0.25) is 5.82 Å². The van der Waals surface area contributed by atoms with Gasteiger partial charge in [-0.25, -0.2) is 14.1 Å². The van der Waals surface area contributed by atoms with Gasteiger partial charge in [-0.2, -0.15) is 0 Å². The van der Waals surface area contributed by atoms with Crippen molar-refractivity contribution in [2.24, 2.45) is 5.92 Å². The Hall–Kier alpha value is -2.24. The fourth-order valence-electron chi connectivity index (χ4n) is 2.55. The lowest BCUT2D eigenvalue weighted by atomic mass is 10.2. The number of aryl methyl sites for hydroxylation is 1. The molecule has 1 aliphatic carbocycles. The average molecular weight is 302 g/mol. The third-order valence-corrected chi connectivity index (χ3v) is 4.27. The molecular weight excluding hydrogens is 283 g/mol. The summed E-state index contributed by atoms with van der Waals surface area (Å²) in [4.78, 5) is 18.5. The van der Waals surface area contributed by atoms with Gasteiger partial charge < -0.3 is 4.90 Å². The van der Waals surface area contributed by atoms with E-state index in [0.717, 1.165) is 0 Å². The summed E-state index contributed by atoms with van der Waals surface area (Å²) in [6.45, 7) is 3.83. The van der Waals surface area contributed by atoms with Crippen molar-refractivity contribution < 1.29 is 9.18 Å². The molecule has 116 valence electrons. The molecule has 0 spiro atoms. The molecule has 3 rings (SSSR count). The topological polar surface area (TPSA) is 51.0 Å². The van der Waals surface area contributed by atoms with Gasteiger partial charge in [0.15, 0.2) is 0 Å². The zero-order valence-corrected chi connectivity index (χ0v) is 13.0. The van der Waals surface area contributed by atoms with E-state index in [1.54, 1.807) is 35.7 Å². The first kappa shape index (κ1) is 14.7. The third-order valence-electron chi connectivity index (χ3n) is 4.27. The van der Waals surface area contributed by atoms with E-state index < -0.39 is 0 Å². The second-order valence-corrected chi connectivity index (χ2v) is 5.86. The Morgan fingerprint density at radius 2 is 2.00 bits per heavy atom. The van der Waals surface area contributed by atoms with Crippen LogP contribution in [0.3, 0.4) is 0 Å². The minimum atomic E-state index is -0.309. The molecule has 1 fully saturated rings. The van der Waals surface area contributed by atoms with Gasteiger partial charge in [-0.15, -0.1) is 5.10 Å². The Kier molecular flexibility index (Phi) is 3.68. The number of aromatic nitrogens is 3. The molecule has 22 heavy (non-hydrogen) atoms. The lowest BCUT2D eigenvalue weighted by Gasteiger charge is -2.23. The van der Waals surface area contributed by atoms with Gasteiger partial charge in [0.05, 0.1) is 5.69 Å². The lowest BCUT2D eigenvalue weighted by Crippen LogP contribution is -2.37. The number of carbonyl (C=O) groups excluding carboxylic acids is 1. The van der Waals surface area contributed by atoms with E-state index in [-0.39, 0.29) is 23.6 Å². The van der Waals surface area contributed by atoms with Gasteiger partial charge in [-0.05, 0) is 56.9 Å². The molecule has 1 unspecified atom stereocenters. The van der Waals surface area contributed by atoms with Gasteiger partial charge in [-0.1, -0.05) is 0 Å². The van der Waals surface area contributed by atoms with Gasteiger partial charge in [0.25, 0.3) is 5.91 Å². The van der Waals surface area contributed by atoms with E-state index in [2.05, 4.69) is 17.0 Å². The van der Waals surface area contributed by atoms with Crippen LogP contribution in [0.5, 0.6) is 0 Å². The van der Waals surface area contributed by atoms with E-state index in [9.17, 15) is 9.18 Å². The van der Waals surface area contributed by atoms with Crippen LogP contribution >= 0.6 is 0 Å². The van der Waals surface area contributed by atoms with Crippen LogP contribution < -0.4 is 0 Å². The van der Waals surface area contributed by atoms with Gasteiger partial charge >= 0.3 is 0 Å². The highest BCUT2D eigenvalue weighted by molar-refractivity contribution is 5.90. The van der Waals surface area contributed by atoms with E-state index in [0.29, 0.717) is 17.4 Å². The summed E-state index contributed by atoms with van der Waals surface area (Å²) in [6.07, 6.45) is 2.35. The first-order valence-corrected chi connectivity index (χ1v) is 7.44. The molecule has 6 heteroatoms. The second-order valence-electron chi connectivity index (χ2n) is 5.86. The largest absolute Gasteiger partial charge is 0.336 e. The Balaban J connectivity index is 1.85. The summed E-state index contributed by atoms with van der Waals surface area (Å²) in [5, 5.41) is 4.28. The van der Waals surface area contributed by atoms with E-state index in [1.807, 2.05) is 0 Å². The van der Waals surface area contributed by atoms with Crippen molar-refractivity contribution in [3.05, 3.63) is 41.7 Å². The number of benzene rings is 1. The molecule has 0 aliphatic heterocycles. The maximum atomic E-state index is 13.0. The highest BCUT2D eigenvalue weighted by Crippen LogP contribution is 2.34. The van der Waals surface area contributed by atoms with E-state index >= 15 is 0 Å². The summed E-state index contributed by atoms with van der Waals surface area (Å²) in [5.74, 6) is 0.882. The summed E-state index contributed by atoms with van der Waals surface area (Å²) >= 11 is 0. The molecule has 5 nitrogen and oxygen atoms in total. The second kappa shape index (κ2) is 5.51. The molecule has 0 saturated heterocycles. The van der Waals surface area contributed by atoms with Gasteiger partial charge in [0.1, 0.15) is 11.6 Å². The Morgan fingerprint density at radius 3 is 2.59 bits per heavy atom. The molecule has 1 saturated carbocycles. The predicted molar refractivity (Wildman–Crippen MR) is 80.3 cm³/mol. The molecule has 1 aromatic carbocycles. The number of carbonyl (C=O) groups is 1. The number of rotatable bonds is 4. The van der Waals surface area contributed by atoms with Crippen LogP contribution in [0.4, 0.5) is 4.39 Å². The van der Waals surface area contributed by atoms with E-state index in [4.69, 9.17) is 0 Å². The lowest BCUT2D eigenvalue weighted by molar-refractivity contribution is 0.0715. The molecule has 1 atom stereocenters. The van der Waals surface area contributed by atoms with Crippen LogP contribution in [0, 0.1) is 18.7 Å². The molecule has 0 N–H and O–H groups in total. The highest BCUT2D eigenvalue weighted by Gasteiger charge is 2.33. The maximum absolute atomic E-state index is 13.0. The van der Waals surface area contributed by atoms with Gasteiger partial charge in [-0.3, -0.25) is 4.79 Å². The smallest absolute Gasteiger partial charge is 0.293 e. The van der Waals surface area contributed by atoms with Crippen LogP contribution in [0.15, 0.2) is 24.3 Å². The number of nitrogens with zero attached hydrogens (tertiary/aromatic N) is 4. The number of hydrogen-bond donors (Lipinski definition) is 0. The minimum absolute atomic E-state index is 0.177. The Morgan fingerprint density at radius 1 is 1.36 bits per heavy atom. The average Bonchev–Trinajstić information content (AvgIpc) is 3.29. The first-order chi connectivity index (χ1) is 10.5. The fraction of sp³-hybridized carbons (Fsp3) is 0.438. The molecule has 1 aromatic heterocycles. The summed E-state index contributed by atoms with van der Waals surface area (Å²) in [7, 11) is 1.79. The highest BCUT2D eigenvalue weighted by atomic mass is 19.1. The fourth-order valence-corrected chi connectivity index (χ4v) is 2.55. The molecule has 1 amide bonds. The quantitative estimate of drug-likeness (QED) is 0.872. The first-order valence-electron chi connectivity index (χ1n) is 7.44. The maximum Gasteiger partial charge on any atom is 0.293 e. The van der Waals surface area contributed by atoms with Crippen LogP contribution in [0.25, 0.3) is 5.69 Å². The number of hydrogen-bond acceptors (Lipinski definition) is 3. The Bertz CT molecular complexity index is 691. The van der Waals surface area contributed by atoms with Crippen molar-refractivity contribution in [1.29, 1.82) is 0 Å². The molecule has 0 radical (unpaired) electrons. The monoisotopic (exact) mass is 302 g/mol. The van der Waals surface area contributed by atoms with Crippen molar-refractivity contribution in [2.75, 3.05) is 7.05 Å². The normalized spacial score (nSPS) is 15.6. The Labute approximate surface area is 128 Å². The molecule has 1 heterocycles. The molecule has 1 aliphatic rings. The van der Waals surface area contributed by atoms with Crippen LogP contribution in [0.1, 0.15) is 36.2 Å². The summed E-state index contributed by atoms with van der Waals surface area (Å²) in [5.41, 5.74) is 0.684. The van der Waals surface area contributed by atoms with Gasteiger partial charge in [0, 0.05) is 13.1 Å². The standard InChI is InChI=1S/C16H19FN4O/c1-10(12-4-5-12)20(3)16(22)15-18-11(2)21(19-15)14-8-6-13(17)7-9-14/h6-10,12H,4-5H2,1-3H3. The van der Waals surface area contributed by atoms with Crippen molar-refractivity contribution in [2.45, 2.75) is 32.7 Å². The van der Waals surface area contributed by atoms with Crippen molar-refractivity contribution in [3.8, 4) is 5.69 Å². The van der Waals surface area contributed by atoms with Crippen molar-refractivity contribution in [1.82, 2.24) is 19.7 Å². The van der Waals surface area contributed by atoms with Crippen LogP contribution in [0.2, 0.25) is 0 Å². The molecular formula is C16H19FN4O. The zero-order valence-electron chi connectivity index (χ0n) is 13.0. The predicted octanol–water partition coefficient (Wildman–Crippen LogP) is 2.59. The molecule has 0 bridgehead atoms.